The van der Waals surface area contributed by atoms with Crippen LogP contribution in [0.2, 0.25) is 0 Å². The van der Waals surface area contributed by atoms with Crippen LogP contribution in [0.3, 0.4) is 0 Å². The van der Waals surface area contributed by atoms with Gasteiger partial charge in [-0.05, 0) is 18.4 Å². The van der Waals surface area contributed by atoms with Crippen molar-refractivity contribution in [2.45, 2.75) is 39.7 Å². The summed E-state index contributed by atoms with van der Waals surface area (Å²) >= 11 is 0. The number of nitro benzene ring substituents is 1. The Hall–Kier alpha value is -3.55. The Balaban J connectivity index is 1.75. The Kier molecular flexibility index (Phi) is 7.12. The highest BCUT2D eigenvalue weighted by atomic mass is 16.6. The molecule has 0 aliphatic heterocycles. The maximum absolute atomic E-state index is 12.9. The van der Waals surface area contributed by atoms with Crippen molar-refractivity contribution in [2.75, 3.05) is 6.54 Å². The first kappa shape index (κ1) is 22.1. The molecule has 31 heavy (non-hydrogen) atoms. The minimum absolute atomic E-state index is 0.0361. The van der Waals surface area contributed by atoms with E-state index in [1.807, 2.05) is 56.0 Å². The lowest BCUT2D eigenvalue weighted by atomic mass is 10.0. The van der Waals surface area contributed by atoms with Gasteiger partial charge in [-0.15, -0.1) is 0 Å². The second-order valence-electron chi connectivity index (χ2n) is 7.84. The average molecular weight is 422 g/mol. The number of nitrogens with zero attached hydrogens (tertiary/aromatic N) is 4. The molecular weight excluding hydrogens is 396 g/mol. The molecule has 0 saturated carbocycles. The van der Waals surface area contributed by atoms with E-state index in [-0.39, 0.29) is 29.4 Å². The first-order valence-electron chi connectivity index (χ1n) is 10.3. The van der Waals surface area contributed by atoms with E-state index in [1.165, 1.54) is 12.1 Å². The molecule has 0 fully saturated rings. The predicted molar refractivity (Wildman–Crippen MR) is 116 cm³/mol. The van der Waals surface area contributed by atoms with Gasteiger partial charge in [0.15, 0.2) is 0 Å². The van der Waals surface area contributed by atoms with Gasteiger partial charge in [-0.25, -0.2) is 0 Å². The standard InChI is InChI=1S/C23H26N4O4/c1-16(2)14-22(28)26(17(3)18-8-5-4-6-9-18)13-12-21-24-23(25-31-21)19-10-7-11-20(15-19)27(29)30/h4-11,15-17H,12-14H2,1-3H3/t17-/m1/s1. The lowest BCUT2D eigenvalue weighted by Gasteiger charge is -2.30. The highest BCUT2D eigenvalue weighted by Crippen LogP contribution is 2.24. The number of amides is 1. The lowest BCUT2D eigenvalue weighted by Crippen LogP contribution is -2.36. The van der Waals surface area contributed by atoms with E-state index in [9.17, 15) is 14.9 Å². The summed E-state index contributed by atoms with van der Waals surface area (Å²) in [6.07, 6.45) is 0.850. The van der Waals surface area contributed by atoms with Crippen LogP contribution in [-0.4, -0.2) is 32.4 Å². The number of aromatic nitrogens is 2. The number of rotatable bonds is 9. The number of carbonyl (C=O) groups is 1. The molecule has 1 amide bonds. The molecule has 1 heterocycles. The zero-order valence-electron chi connectivity index (χ0n) is 17.9. The minimum Gasteiger partial charge on any atom is -0.339 e. The van der Waals surface area contributed by atoms with Crippen molar-refractivity contribution < 1.29 is 14.2 Å². The largest absolute Gasteiger partial charge is 0.339 e. The molecule has 3 aromatic rings. The van der Waals surface area contributed by atoms with Crippen LogP contribution >= 0.6 is 0 Å². The van der Waals surface area contributed by atoms with Gasteiger partial charge in [-0.2, -0.15) is 4.98 Å². The molecule has 0 radical (unpaired) electrons. The van der Waals surface area contributed by atoms with E-state index < -0.39 is 4.92 Å². The first-order valence-corrected chi connectivity index (χ1v) is 10.3. The fourth-order valence-corrected chi connectivity index (χ4v) is 3.36. The fourth-order valence-electron chi connectivity index (χ4n) is 3.36. The SMILES string of the molecule is CC(C)CC(=O)N(CCc1nc(-c2cccc([N+](=O)[O-])c2)no1)[C@H](C)c1ccccc1. The Morgan fingerprint density at radius 1 is 1.13 bits per heavy atom. The predicted octanol–water partition coefficient (Wildman–Crippen LogP) is 4.82. The van der Waals surface area contributed by atoms with E-state index in [1.54, 1.807) is 12.1 Å². The molecule has 0 aliphatic carbocycles. The fraction of sp³-hybridized carbons (Fsp3) is 0.348. The van der Waals surface area contributed by atoms with E-state index in [2.05, 4.69) is 10.1 Å². The van der Waals surface area contributed by atoms with Gasteiger partial charge in [0.05, 0.1) is 11.0 Å². The minimum atomic E-state index is -0.465. The molecule has 0 N–H and O–H groups in total. The topological polar surface area (TPSA) is 102 Å². The summed E-state index contributed by atoms with van der Waals surface area (Å²) in [7, 11) is 0. The zero-order chi connectivity index (χ0) is 22.4. The number of benzene rings is 2. The van der Waals surface area contributed by atoms with Gasteiger partial charge in [-0.3, -0.25) is 14.9 Å². The summed E-state index contributed by atoms with van der Waals surface area (Å²) in [5.74, 6) is 0.991. The van der Waals surface area contributed by atoms with Crippen LogP contribution < -0.4 is 0 Å². The summed E-state index contributed by atoms with van der Waals surface area (Å²) in [6.45, 7) is 6.48. The molecule has 0 bridgehead atoms. The number of carbonyl (C=O) groups excluding carboxylic acids is 1. The van der Waals surface area contributed by atoms with Gasteiger partial charge < -0.3 is 9.42 Å². The zero-order valence-corrected chi connectivity index (χ0v) is 17.9. The molecule has 162 valence electrons. The summed E-state index contributed by atoms with van der Waals surface area (Å²) in [5, 5.41) is 14.9. The molecule has 1 atom stereocenters. The van der Waals surface area contributed by atoms with Crippen LogP contribution in [0.4, 0.5) is 5.69 Å². The Bertz CT molecular complexity index is 1030. The van der Waals surface area contributed by atoms with E-state index in [0.29, 0.717) is 30.8 Å². The van der Waals surface area contributed by atoms with E-state index in [0.717, 1.165) is 5.56 Å². The van der Waals surface area contributed by atoms with Crippen molar-refractivity contribution in [1.29, 1.82) is 0 Å². The van der Waals surface area contributed by atoms with Crippen LogP contribution in [0.5, 0.6) is 0 Å². The van der Waals surface area contributed by atoms with E-state index in [4.69, 9.17) is 4.52 Å². The van der Waals surface area contributed by atoms with Crippen molar-refractivity contribution in [3.63, 3.8) is 0 Å². The van der Waals surface area contributed by atoms with Crippen LogP contribution in [-0.2, 0) is 11.2 Å². The summed E-state index contributed by atoms with van der Waals surface area (Å²) in [4.78, 5) is 29.6. The summed E-state index contributed by atoms with van der Waals surface area (Å²) in [5.41, 5.74) is 1.53. The molecule has 8 nitrogen and oxygen atoms in total. The van der Waals surface area contributed by atoms with Crippen molar-refractivity contribution >= 4 is 11.6 Å². The van der Waals surface area contributed by atoms with Crippen LogP contribution in [0.1, 0.15) is 44.7 Å². The quantitative estimate of drug-likeness (QED) is 0.362. The van der Waals surface area contributed by atoms with Gasteiger partial charge in [0.25, 0.3) is 5.69 Å². The summed E-state index contributed by atoms with van der Waals surface area (Å²) < 4.78 is 5.35. The summed E-state index contributed by atoms with van der Waals surface area (Å²) in [6, 6.07) is 15.9. The number of hydrogen-bond acceptors (Lipinski definition) is 6. The first-order chi connectivity index (χ1) is 14.8. The Morgan fingerprint density at radius 3 is 2.55 bits per heavy atom. The number of hydrogen-bond donors (Lipinski definition) is 0. The third-order valence-corrected chi connectivity index (χ3v) is 5.00. The van der Waals surface area contributed by atoms with Crippen molar-refractivity contribution in [3.8, 4) is 11.4 Å². The van der Waals surface area contributed by atoms with Crippen LogP contribution in [0.25, 0.3) is 11.4 Å². The highest BCUT2D eigenvalue weighted by Gasteiger charge is 2.23. The van der Waals surface area contributed by atoms with Crippen molar-refractivity contribution in [3.05, 3.63) is 76.2 Å². The van der Waals surface area contributed by atoms with Gasteiger partial charge in [0.1, 0.15) is 0 Å². The third kappa shape index (κ3) is 5.75. The maximum atomic E-state index is 12.9. The van der Waals surface area contributed by atoms with Crippen LogP contribution in [0.15, 0.2) is 59.1 Å². The van der Waals surface area contributed by atoms with Gasteiger partial charge in [-0.1, -0.05) is 61.5 Å². The molecule has 1 aromatic heterocycles. The van der Waals surface area contributed by atoms with Crippen LogP contribution in [0, 0.1) is 16.0 Å². The van der Waals surface area contributed by atoms with E-state index >= 15 is 0 Å². The number of non-ortho nitro benzene ring substituents is 1. The molecular formula is C23H26N4O4. The molecule has 3 rings (SSSR count). The molecule has 8 heteroatoms. The van der Waals surface area contributed by atoms with Gasteiger partial charge in [0.2, 0.25) is 17.6 Å². The molecule has 0 saturated heterocycles. The highest BCUT2D eigenvalue weighted by molar-refractivity contribution is 5.77. The van der Waals surface area contributed by atoms with Crippen molar-refractivity contribution in [1.82, 2.24) is 15.0 Å². The molecule has 0 unspecified atom stereocenters. The van der Waals surface area contributed by atoms with Crippen molar-refractivity contribution in [2.24, 2.45) is 5.92 Å². The molecule has 0 spiro atoms. The monoisotopic (exact) mass is 422 g/mol. The normalized spacial score (nSPS) is 12.0. The molecule has 0 aliphatic rings. The lowest BCUT2D eigenvalue weighted by molar-refractivity contribution is -0.384. The third-order valence-electron chi connectivity index (χ3n) is 5.00. The molecule has 2 aromatic carbocycles. The van der Waals surface area contributed by atoms with Gasteiger partial charge >= 0.3 is 0 Å². The Morgan fingerprint density at radius 2 is 1.87 bits per heavy atom. The number of nitro groups is 1. The van der Waals surface area contributed by atoms with Gasteiger partial charge in [0, 0.05) is 37.1 Å². The average Bonchev–Trinajstić information content (AvgIpc) is 3.23. The smallest absolute Gasteiger partial charge is 0.270 e. The maximum Gasteiger partial charge on any atom is 0.270 e. The second kappa shape index (κ2) is 9.97. The second-order valence-corrected chi connectivity index (χ2v) is 7.84. The Labute approximate surface area is 181 Å².